The molecule has 1 saturated carbocycles. The Morgan fingerprint density at radius 3 is 2.94 bits per heavy atom. The van der Waals surface area contributed by atoms with Crippen molar-refractivity contribution < 1.29 is 4.79 Å². The summed E-state index contributed by atoms with van der Waals surface area (Å²) in [5.41, 5.74) is 2.01. The second-order valence-electron chi connectivity index (χ2n) is 5.70. The number of Topliss-reactive ketones (excluding diaryl/α,β-unsaturated/α-hetero) is 1. The summed E-state index contributed by atoms with van der Waals surface area (Å²) in [6.45, 7) is 4.26. The van der Waals surface area contributed by atoms with Crippen LogP contribution < -0.4 is 0 Å². The number of hydrogen-bond acceptors (Lipinski definition) is 3. The first-order valence-electron chi connectivity index (χ1n) is 6.01. The number of benzene rings is 1. The minimum Gasteiger partial charge on any atom is -0.298 e. The molecule has 94 valence electrons. The highest BCUT2D eigenvalue weighted by molar-refractivity contribution is 8.01. The van der Waals surface area contributed by atoms with Gasteiger partial charge in [0, 0.05) is 22.1 Å². The lowest BCUT2D eigenvalue weighted by atomic mass is 9.75. The van der Waals surface area contributed by atoms with Crippen LogP contribution in [0.15, 0.2) is 28.1 Å². The number of hydrogen-bond donors (Lipinski definition) is 0. The highest BCUT2D eigenvalue weighted by atomic mass is 35.5. The van der Waals surface area contributed by atoms with Gasteiger partial charge in [0.1, 0.15) is 5.25 Å². The molecule has 0 radical (unpaired) electrons. The van der Waals surface area contributed by atoms with Gasteiger partial charge in [-0.1, -0.05) is 25.4 Å². The summed E-state index contributed by atoms with van der Waals surface area (Å²) in [6, 6.07) is 5.68. The average molecular weight is 280 g/mol. The number of rotatable bonds is 0. The van der Waals surface area contributed by atoms with Gasteiger partial charge in [-0.25, -0.2) is 0 Å². The molecule has 0 bridgehead atoms. The minimum atomic E-state index is -0.0935. The molecule has 1 aliphatic carbocycles. The van der Waals surface area contributed by atoms with Gasteiger partial charge < -0.3 is 0 Å². The van der Waals surface area contributed by atoms with E-state index in [1.165, 1.54) is 0 Å². The van der Waals surface area contributed by atoms with E-state index in [2.05, 4.69) is 18.8 Å². The summed E-state index contributed by atoms with van der Waals surface area (Å²) in [7, 11) is 0. The molecule has 1 unspecified atom stereocenters. The van der Waals surface area contributed by atoms with E-state index >= 15 is 0 Å². The molecule has 0 amide bonds. The van der Waals surface area contributed by atoms with Gasteiger partial charge in [0.2, 0.25) is 0 Å². The van der Waals surface area contributed by atoms with Gasteiger partial charge >= 0.3 is 0 Å². The SMILES string of the molecule is CC1(C)CC(=O)C2Sc3cc(Cl)ccc3N=C2C1. The van der Waals surface area contributed by atoms with Gasteiger partial charge in [-0.3, -0.25) is 9.79 Å². The first-order chi connectivity index (χ1) is 8.44. The predicted octanol–water partition coefficient (Wildman–Crippen LogP) is 4.28. The van der Waals surface area contributed by atoms with E-state index < -0.39 is 0 Å². The quantitative estimate of drug-likeness (QED) is 0.709. The molecule has 18 heavy (non-hydrogen) atoms. The highest BCUT2D eigenvalue weighted by Crippen LogP contribution is 2.45. The van der Waals surface area contributed by atoms with E-state index in [9.17, 15) is 4.79 Å². The number of carbonyl (C=O) groups is 1. The molecular weight excluding hydrogens is 266 g/mol. The number of halogens is 1. The molecule has 2 aliphatic rings. The zero-order chi connectivity index (χ0) is 12.9. The van der Waals surface area contributed by atoms with E-state index in [0.717, 1.165) is 22.7 Å². The lowest BCUT2D eigenvalue weighted by Gasteiger charge is -2.36. The highest BCUT2D eigenvalue weighted by Gasteiger charge is 2.40. The molecule has 1 aromatic rings. The third-order valence-electron chi connectivity index (χ3n) is 3.34. The number of aliphatic imine (C=N–C) groups is 1. The van der Waals surface area contributed by atoms with Crippen molar-refractivity contribution in [3.05, 3.63) is 23.2 Å². The van der Waals surface area contributed by atoms with Gasteiger partial charge in [0.05, 0.1) is 5.69 Å². The molecule has 0 saturated heterocycles. The molecule has 4 heteroatoms. The van der Waals surface area contributed by atoms with E-state index in [1.54, 1.807) is 11.8 Å². The molecule has 1 fully saturated rings. The average Bonchev–Trinajstić information content (AvgIpc) is 2.26. The second kappa shape index (κ2) is 4.10. The first-order valence-corrected chi connectivity index (χ1v) is 7.27. The normalized spacial score (nSPS) is 25.2. The van der Waals surface area contributed by atoms with E-state index in [1.807, 2.05) is 18.2 Å². The summed E-state index contributed by atoms with van der Waals surface area (Å²) >= 11 is 7.59. The molecule has 2 nitrogen and oxygen atoms in total. The zero-order valence-corrected chi connectivity index (χ0v) is 11.9. The topological polar surface area (TPSA) is 29.4 Å². The van der Waals surface area contributed by atoms with Crippen molar-refractivity contribution in [2.75, 3.05) is 0 Å². The molecule has 1 aromatic carbocycles. The monoisotopic (exact) mass is 279 g/mol. The number of nitrogens with zero attached hydrogens (tertiary/aromatic N) is 1. The predicted molar refractivity (Wildman–Crippen MR) is 76.2 cm³/mol. The molecule has 1 heterocycles. The standard InChI is InChI=1S/C14H14ClNOS/c1-14(2)6-10-13(11(17)7-14)18-12-5-8(15)3-4-9(12)16-10/h3-5,13H,6-7H2,1-2H3. The summed E-state index contributed by atoms with van der Waals surface area (Å²) < 4.78 is 0. The molecular formula is C14H14ClNOS. The maximum Gasteiger partial charge on any atom is 0.152 e. The van der Waals surface area contributed by atoms with Crippen LogP contribution in [-0.2, 0) is 4.79 Å². The third kappa shape index (κ3) is 2.10. The Balaban J connectivity index is 2.05. The van der Waals surface area contributed by atoms with Crippen LogP contribution in [0.2, 0.25) is 5.02 Å². The van der Waals surface area contributed by atoms with Crippen molar-refractivity contribution in [2.45, 2.75) is 36.8 Å². The summed E-state index contributed by atoms with van der Waals surface area (Å²) in [5, 5.41) is 0.604. The molecule has 1 atom stereocenters. The smallest absolute Gasteiger partial charge is 0.152 e. The van der Waals surface area contributed by atoms with Crippen molar-refractivity contribution >= 4 is 40.5 Å². The molecule has 0 N–H and O–H groups in total. The Bertz CT molecular complexity index is 565. The van der Waals surface area contributed by atoms with Gasteiger partial charge in [-0.05, 0) is 30.0 Å². The van der Waals surface area contributed by atoms with Gasteiger partial charge in [0.25, 0.3) is 0 Å². The Morgan fingerprint density at radius 1 is 1.39 bits per heavy atom. The Morgan fingerprint density at radius 2 is 2.17 bits per heavy atom. The number of ketones is 1. The summed E-state index contributed by atoms with van der Waals surface area (Å²) in [4.78, 5) is 17.9. The Hall–Kier alpha value is -0.800. The van der Waals surface area contributed by atoms with Gasteiger partial charge in [0.15, 0.2) is 5.78 Å². The van der Waals surface area contributed by atoms with Crippen LogP contribution in [0.5, 0.6) is 0 Å². The van der Waals surface area contributed by atoms with Crippen molar-refractivity contribution in [3.63, 3.8) is 0 Å². The maximum absolute atomic E-state index is 12.2. The van der Waals surface area contributed by atoms with Gasteiger partial charge in [-0.2, -0.15) is 0 Å². The summed E-state index contributed by atoms with van der Waals surface area (Å²) in [6.07, 6.45) is 1.54. The Kier molecular flexibility index (Phi) is 2.79. The lowest BCUT2D eigenvalue weighted by molar-refractivity contribution is -0.120. The zero-order valence-electron chi connectivity index (χ0n) is 10.4. The molecule has 3 rings (SSSR count). The third-order valence-corrected chi connectivity index (χ3v) is 4.92. The van der Waals surface area contributed by atoms with E-state index in [4.69, 9.17) is 11.6 Å². The fraction of sp³-hybridized carbons (Fsp3) is 0.429. The second-order valence-corrected chi connectivity index (χ2v) is 7.28. The molecule has 1 aliphatic heterocycles. The van der Waals surface area contributed by atoms with Crippen LogP contribution in [0.3, 0.4) is 0 Å². The largest absolute Gasteiger partial charge is 0.298 e. The number of carbonyl (C=O) groups excluding carboxylic acids is 1. The van der Waals surface area contributed by atoms with Crippen LogP contribution >= 0.6 is 23.4 Å². The van der Waals surface area contributed by atoms with Crippen LogP contribution in [0.1, 0.15) is 26.7 Å². The van der Waals surface area contributed by atoms with Crippen molar-refractivity contribution in [1.82, 2.24) is 0 Å². The van der Waals surface area contributed by atoms with Crippen LogP contribution in [0.25, 0.3) is 0 Å². The first kappa shape index (κ1) is 12.2. The fourth-order valence-electron chi connectivity index (χ4n) is 2.58. The fourth-order valence-corrected chi connectivity index (χ4v) is 3.99. The molecule has 0 spiro atoms. The molecule has 0 aromatic heterocycles. The van der Waals surface area contributed by atoms with E-state index in [-0.39, 0.29) is 10.7 Å². The van der Waals surface area contributed by atoms with Gasteiger partial charge in [-0.15, -0.1) is 11.8 Å². The summed E-state index contributed by atoms with van der Waals surface area (Å²) in [5.74, 6) is 0.292. The van der Waals surface area contributed by atoms with Crippen LogP contribution in [0.4, 0.5) is 5.69 Å². The maximum atomic E-state index is 12.2. The van der Waals surface area contributed by atoms with Crippen LogP contribution in [-0.4, -0.2) is 16.7 Å². The van der Waals surface area contributed by atoms with Crippen molar-refractivity contribution in [3.8, 4) is 0 Å². The number of thioether (sulfide) groups is 1. The minimum absolute atomic E-state index is 0.0386. The van der Waals surface area contributed by atoms with Crippen molar-refractivity contribution in [2.24, 2.45) is 10.4 Å². The van der Waals surface area contributed by atoms with Crippen LogP contribution in [0, 0.1) is 5.41 Å². The van der Waals surface area contributed by atoms with E-state index in [0.29, 0.717) is 17.2 Å². The Labute approximate surface area is 116 Å². The number of fused-ring (bicyclic) bond motifs is 2. The van der Waals surface area contributed by atoms with Crippen molar-refractivity contribution in [1.29, 1.82) is 0 Å². The lowest BCUT2D eigenvalue weighted by Crippen LogP contribution is -2.40.